The Labute approximate surface area is 121 Å². The summed E-state index contributed by atoms with van der Waals surface area (Å²) in [6.07, 6.45) is 0.244. The van der Waals surface area contributed by atoms with Crippen LogP contribution in [0.25, 0.3) is 0 Å². The maximum atomic E-state index is 11.7. The smallest absolute Gasteiger partial charge is 0.304 e. The molecular formula is C13H17N3O5. The number of carbonyl (C=O) groups excluding carboxylic acids is 1. The molecule has 0 aliphatic carbocycles. The zero-order chi connectivity index (χ0) is 15.8. The van der Waals surface area contributed by atoms with E-state index in [1.165, 1.54) is 24.3 Å². The van der Waals surface area contributed by atoms with Crippen LogP contribution in [0, 0.1) is 10.1 Å². The van der Waals surface area contributed by atoms with Gasteiger partial charge in [-0.25, -0.2) is 0 Å². The Morgan fingerprint density at radius 3 is 2.33 bits per heavy atom. The van der Waals surface area contributed by atoms with Gasteiger partial charge in [0.2, 0.25) is 5.91 Å². The Kier molecular flexibility index (Phi) is 6.28. The molecule has 0 aromatic heterocycles. The van der Waals surface area contributed by atoms with Crippen molar-refractivity contribution in [3.8, 4) is 0 Å². The topological polar surface area (TPSA) is 113 Å². The van der Waals surface area contributed by atoms with Gasteiger partial charge >= 0.3 is 5.97 Å². The highest BCUT2D eigenvalue weighted by molar-refractivity contribution is 5.90. The Morgan fingerprint density at radius 2 is 1.81 bits per heavy atom. The quantitative estimate of drug-likeness (QED) is 0.552. The molecule has 0 radical (unpaired) electrons. The second-order valence-electron chi connectivity index (χ2n) is 4.55. The number of carboxylic acid groups (broad SMARTS) is 1. The highest BCUT2D eigenvalue weighted by Crippen LogP contribution is 2.15. The molecule has 0 saturated heterocycles. The summed E-state index contributed by atoms with van der Waals surface area (Å²) in [4.78, 5) is 33.8. The third-order valence-electron chi connectivity index (χ3n) is 2.79. The number of nitro groups is 1. The van der Waals surface area contributed by atoms with E-state index in [9.17, 15) is 19.7 Å². The summed E-state index contributed by atoms with van der Waals surface area (Å²) in [7, 11) is 1.74. The largest absolute Gasteiger partial charge is 0.481 e. The molecule has 1 amide bonds. The SMILES string of the molecule is CN(CCC(=O)O)CCC(=O)Nc1ccc([N+](=O)[O-])cc1. The van der Waals surface area contributed by atoms with Gasteiger partial charge in [-0.3, -0.25) is 19.7 Å². The molecule has 1 aromatic carbocycles. The molecule has 0 atom stereocenters. The molecule has 0 aliphatic heterocycles. The number of carbonyl (C=O) groups is 2. The van der Waals surface area contributed by atoms with Crippen LogP contribution in [0.1, 0.15) is 12.8 Å². The van der Waals surface area contributed by atoms with Crippen LogP contribution in [-0.4, -0.2) is 46.9 Å². The van der Waals surface area contributed by atoms with Crippen molar-refractivity contribution < 1.29 is 19.6 Å². The highest BCUT2D eigenvalue weighted by atomic mass is 16.6. The molecular weight excluding hydrogens is 278 g/mol. The van der Waals surface area contributed by atoms with Gasteiger partial charge in [0.05, 0.1) is 11.3 Å². The average molecular weight is 295 g/mol. The second kappa shape index (κ2) is 7.95. The number of hydrogen-bond donors (Lipinski definition) is 2. The fourth-order valence-electron chi connectivity index (χ4n) is 1.58. The van der Waals surface area contributed by atoms with Gasteiger partial charge in [-0.1, -0.05) is 0 Å². The molecule has 0 fully saturated rings. The van der Waals surface area contributed by atoms with Crippen LogP contribution in [0.15, 0.2) is 24.3 Å². The van der Waals surface area contributed by atoms with Crippen LogP contribution in [0.2, 0.25) is 0 Å². The summed E-state index contributed by atoms with van der Waals surface area (Å²) in [5, 5.41) is 21.7. The van der Waals surface area contributed by atoms with Crippen LogP contribution in [-0.2, 0) is 9.59 Å². The van der Waals surface area contributed by atoms with E-state index in [0.717, 1.165) is 0 Å². The Bertz CT molecular complexity index is 515. The first-order chi connectivity index (χ1) is 9.88. The van der Waals surface area contributed by atoms with E-state index in [1.54, 1.807) is 11.9 Å². The number of benzene rings is 1. The van der Waals surface area contributed by atoms with Gasteiger partial charge in [0, 0.05) is 37.3 Å². The molecule has 8 nitrogen and oxygen atoms in total. The maximum Gasteiger partial charge on any atom is 0.304 e. The summed E-state index contributed by atoms with van der Waals surface area (Å²) < 4.78 is 0. The molecule has 0 spiro atoms. The number of aliphatic carboxylic acids is 1. The number of nitrogens with zero attached hydrogens (tertiary/aromatic N) is 2. The summed E-state index contributed by atoms with van der Waals surface area (Å²) in [6.45, 7) is 0.812. The first-order valence-electron chi connectivity index (χ1n) is 6.33. The van der Waals surface area contributed by atoms with Crippen LogP contribution in [0.5, 0.6) is 0 Å². The summed E-state index contributed by atoms with van der Waals surface area (Å²) >= 11 is 0. The molecule has 8 heteroatoms. The molecule has 0 bridgehead atoms. The van der Waals surface area contributed by atoms with Crippen molar-refractivity contribution in [1.29, 1.82) is 0 Å². The molecule has 2 N–H and O–H groups in total. The van der Waals surface area contributed by atoms with Crippen molar-refractivity contribution in [2.45, 2.75) is 12.8 Å². The minimum Gasteiger partial charge on any atom is -0.481 e. The van der Waals surface area contributed by atoms with Crippen LogP contribution in [0.4, 0.5) is 11.4 Å². The number of nitro benzene ring substituents is 1. The lowest BCUT2D eigenvalue weighted by molar-refractivity contribution is -0.384. The van der Waals surface area contributed by atoms with Crippen molar-refractivity contribution in [1.82, 2.24) is 4.90 Å². The lowest BCUT2D eigenvalue weighted by atomic mass is 10.2. The molecule has 0 heterocycles. The lowest BCUT2D eigenvalue weighted by Crippen LogP contribution is -2.26. The fourth-order valence-corrected chi connectivity index (χ4v) is 1.58. The van der Waals surface area contributed by atoms with Gasteiger partial charge in [0.25, 0.3) is 5.69 Å². The monoisotopic (exact) mass is 295 g/mol. The number of non-ortho nitro benzene ring substituents is 1. The standard InChI is InChI=1S/C13H17N3O5/c1-15(9-7-13(18)19)8-6-12(17)14-10-2-4-11(5-3-10)16(20)21/h2-5H,6-9H2,1H3,(H,14,17)(H,18,19). The maximum absolute atomic E-state index is 11.7. The predicted molar refractivity (Wildman–Crippen MR) is 76.1 cm³/mol. The Morgan fingerprint density at radius 1 is 1.24 bits per heavy atom. The van der Waals surface area contributed by atoms with E-state index in [0.29, 0.717) is 18.8 Å². The summed E-state index contributed by atoms with van der Waals surface area (Å²) in [5.74, 6) is -1.11. The molecule has 1 rings (SSSR count). The number of hydrogen-bond acceptors (Lipinski definition) is 5. The lowest BCUT2D eigenvalue weighted by Gasteiger charge is -2.14. The third-order valence-corrected chi connectivity index (χ3v) is 2.79. The van der Waals surface area contributed by atoms with E-state index >= 15 is 0 Å². The number of anilines is 1. The predicted octanol–water partition coefficient (Wildman–Crippen LogP) is 1.33. The zero-order valence-electron chi connectivity index (χ0n) is 11.6. The van der Waals surface area contributed by atoms with E-state index in [-0.39, 0.29) is 24.4 Å². The number of nitrogens with one attached hydrogen (secondary N) is 1. The van der Waals surface area contributed by atoms with Gasteiger partial charge in [-0.15, -0.1) is 0 Å². The number of amides is 1. The molecule has 21 heavy (non-hydrogen) atoms. The van der Waals surface area contributed by atoms with E-state index in [2.05, 4.69) is 5.32 Å². The van der Waals surface area contributed by atoms with Gasteiger partial charge in [0.15, 0.2) is 0 Å². The number of rotatable bonds is 8. The van der Waals surface area contributed by atoms with E-state index < -0.39 is 10.9 Å². The molecule has 0 saturated carbocycles. The minimum absolute atomic E-state index is 0.0282. The van der Waals surface area contributed by atoms with Crippen molar-refractivity contribution in [3.63, 3.8) is 0 Å². The summed E-state index contributed by atoms with van der Waals surface area (Å²) in [5.41, 5.74) is 0.445. The second-order valence-corrected chi connectivity index (χ2v) is 4.55. The zero-order valence-corrected chi connectivity index (χ0v) is 11.6. The first-order valence-corrected chi connectivity index (χ1v) is 6.33. The van der Waals surface area contributed by atoms with Crippen molar-refractivity contribution >= 4 is 23.3 Å². The molecule has 114 valence electrons. The van der Waals surface area contributed by atoms with Gasteiger partial charge in [-0.05, 0) is 19.2 Å². The van der Waals surface area contributed by atoms with Crippen molar-refractivity contribution in [2.24, 2.45) is 0 Å². The molecule has 0 aliphatic rings. The average Bonchev–Trinajstić information content (AvgIpc) is 2.43. The molecule has 1 aromatic rings. The minimum atomic E-state index is -0.878. The molecule has 0 unspecified atom stereocenters. The first kappa shape index (κ1) is 16.6. The summed E-state index contributed by atoms with van der Waals surface area (Å²) in [6, 6.07) is 5.55. The van der Waals surface area contributed by atoms with Gasteiger partial charge in [0.1, 0.15) is 0 Å². The van der Waals surface area contributed by atoms with Crippen LogP contribution >= 0.6 is 0 Å². The van der Waals surface area contributed by atoms with Crippen molar-refractivity contribution in [2.75, 3.05) is 25.5 Å². The Balaban J connectivity index is 2.36. The normalized spacial score (nSPS) is 10.4. The van der Waals surface area contributed by atoms with Crippen molar-refractivity contribution in [3.05, 3.63) is 34.4 Å². The van der Waals surface area contributed by atoms with E-state index in [1.807, 2.05) is 0 Å². The van der Waals surface area contributed by atoms with E-state index in [4.69, 9.17) is 5.11 Å². The van der Waals surface area contributed by atoms with Crippen LogP contribution < -0.4 is 5.32 Å². The third kappa shape index (κ3) is 6.48. The fraction of sp³-hybridized carbons (Fsp3) is 0.385. The Hall–Kier alpha value is -2.48. The number of carboxylic acids is 1. The highest BCUT2D eigenvalue weighted by Gasteiger charge is 2.08. The van der Waals surface area contributed by atoms with Gasteiger partial charge in [-0.2, -0.15) is 0 Å². The van der Waals surface area contributed by atoms with Crippen LogP contribution in [0.3, 0.4) is 0 Å². The van der Waals surface area contributed by atoms with Gasteiger partial charge < -0.3 is 15.3 Å².